The first-order valence-corrected chi connectivity index (χ1v) is 9.42. The molecule has 1 heterocycles. The van der Waals surface area contributed by atoms with Crippen molar-refractivity contribution in [2.45, 2.75) is 6.54 Å². The zero-order valence-corrected chi connectivity index (χ0v) is 17.0. The quantitative estimate of drug-likeness (QED) is 0.514. The fraction of sp³-hybridized carbons (Fsp3) is 0.0500. The second-order valence-electron chi connectivity index (χ2n) is 5.77. The van der Waals surface area contributed by atoms with Gasteiger partial charge in [-0.2, -0.15) is 5.26 Å². The van der Waals surface area contributed by atoms with Gasteiger partial charge in [0.1, 0.15) is 6.07 Å². The SMILES string of the molecule is N#Cc1ccc(NCc2ccnc(-c3ccc(C(N)=O)c(Cl)c3)c2)cc1I. The Morgan fingerprint density at radius 3 is 2.70 bits per heavy atom. The highest BCUT2D eigenvalue weighted by Crippen LogP contribution is 2.25. The van der Waals surface area contributed by atoms with Gasteiger partial charge in [-0.1, -0.05) is 17.7 Å². The first kappa shape index (κ1) is 19.1. The number of nitrogens with one attached hydrogen (secondary N) is 1. The molecule has 0 aliphatic carbocycles. The molecule has 0 atom stereocenters. The van der Waals surface area contributed by atoms with Crippen molar-refractivity contribution < 1.29 is 4.79 Å². The van der Waals surface area contributed by atoms with Crippen molar-refractivity contribution in [3.63, 3.8) is 0 Å². The summed E-state index contributed by atoms with van der Waals surface area (Å²) < 4.78 is 0.902. The molecule has 0 saturated heterocycles. The molecule has 3 aromatic rings. The number of rotatable bonds is 5. The summed E-state index contributed by atoms with van der Waals surface area (Å²) in [7, 11) is 0. The molecule has 134 valence electrons. The summed E-state index contributed by atoms with van der Waals surface area (Å²) >= 11 is 8.28. The number of amides is 1. The van der Waals surface area contributed by atoms with E-state index < -0.39 is 5.91 Å². The van der Waals surface area contributed by atoms with E-state index in [0.29, 0.717) is 17.1 Å². The van der Waals surface area contributed by atoms with E-state index in [0.717, 1.165) is 26.1 Å². The van der Waals surface area contributed by atoms with E-state index in [1.54, 1.807) is 30.5 Å². The number of nitriles is 1. The molecule has 5 nitrogen and oxygen atoms in total. The van der Waals surface area contributed by atoms with Crippen LogP contribution in [-0.2, 0) is 6.54 Å². The number of carbonyl (C=O) groups excluding carboxylic acids is 1. The zero-order chi connectivity index (χ0) is 19.4. The smallest absolute Gasteiger partial charge is 0.250 e. The number of nitrogens with two attached hydrogens (primary N) is 1. The highest BCUT2D eigenvalue weighted by Gasteiger charge is 2.09. The number of hydrogen-bond acceptors (Lipinski definition) is 4. The lowest BCUT2D eigenvalue weighted by atomic mass is 10.1. The minimum absolute atomic E-state index is 0.286. The van der Waals surface area contributed by atoms with Crippen LogP contribution in [0.25, 0.3) is 11.3 Å². The summed E-state index contributed by atoms with van der Waals surface area (Å²) in [6.45, 7) is 0.602. The number of nitrogens with zero attached hydrogens (tertiary/aromatic N) is 2. The van der Waals surface area contributed by atoms with Crippen molar-refractivity contribution in [1.82, 2.24) is 4.98 Å². The van der Waals surface area contributed by atoms with Crippen LogP contribution in [0.4, 0.5) is 5.69 Å². The monoisotopic (exact) mass is 488 g/mol. The molecule has 0 saturated carbocycles. The summed E-state index contributed by atoms with van der Waals surface area (Å²) in [5, 5.41) is 12.6. The molecule has 0 fully saturated rings. The van der Waals surface area contributed by atoms with Crippen molar-refractivity contribution in [3.8, 4) is 17.3 Å². The summed E-state index contributed by atoms with van der Waals surface area (Å²) in [6, 6.07) is 16.7. The second-order valence-corrected chi connectivity index (χ2v) is 7.34. The maximum absolute atomic E-state index is 11.3. The lowest BCUT2D eigenvalue weighted by Crippen LogP contribution is -2.11. The largest absolute Gasteiger partial charge is 0.381 e. The van der Waals surface area contributed by atoms with Gasteiger partial charge in [0.2, 0.25) is 5.91 Å². The predicted molar refractivity (Wildman–Crippen MR) is 114 cm³/mol. The number of hydrogen-bond donors (Lipinski definition) is 2. The van der Waals surface area contributed by atoms with Gasteiger partial charge in [0.25, 0.3) is 0 Å². The average Bonchev–Trinajstić information content (AvgIpc) is 2.66. The summed E-state index contributed by atoms with van der Waals surface area (Å²) in [5.74, 6) is -0.561. The molecule has 0 bridgehead atoms. The van der Waals surface area contributed by atoms with Crippen LogP contribution in [0.5, 0.6) is 0 Å². The van der Waals surface area contributed by atoms with Crippen LogP contribution in [0.1, 0.15) is 21.5 Å². The van der Waals surface area contributed by atoms with Gasteiger partial charge in [-0.05, 0) is 70.6 Å². The van der Waals surface area contributed by atoms with Crippen LogP contribution in [0.15, 0.2) is 54.7 Å². The van der Waals surface area contributed by atoms with E-state index in [2.05, 4.69) is 39.0 Å². The highest BCUT2D eigenvalue weighted by molar-refractivity contribution is 14.1. The van der Waals surface area contributed by atoms with Gasteiger partial charge in [-0.3, -0.25) is 9.78 Å². The Morgan fingerprint density at radius 2 is 2.04 bits per heavy atom. The number of carbonyl (C=O) groups is 1. The van der Waals surface area contributed by atoms with E-state index >= 15 is 0 Å². The maximum Gasteiger partial charge on any atom is 0.250 e. The third-order valence-corrected chi connectivity index (χ3v) is 5.15. The maximum atomic E-state index is 11.3. The molecule has 0 aliphatic rings. The molecule has 0 spiro atoms. The molecule has 3 N–H and O–H groups in total. The topological polar surface area (TPSA) is 91.8 Å². The summed E-state index contributed by atoms with van der Waals surface area (Å²) in [5.41, 5.74) is 9.76. The van der Waals surface area contributed by atoms with Crippen LogP contribution in [0.2, 0.25) is 5.02 Å². The Labute approximate surface area is 175 Å². The Kier molecular flexibility index (Phi) is 5.94. The van der Waals surface area contributed by atoms with Crippen molar-refractivity contribution in [2.75, 3.05) is 5.32 Å². The minimum atomic E-state index is -0.561. The van der Waals surface area contributed by atoms with Crippen molar-refractivity contribution in [1.29, 1.82) is 5.26 Å². The standard InChI is InChI=1S/C20H14ClIN4O/c21-17-8-13(2-4-16(17)20(24)27)19-7-12(5-6-25-19)11-26-15-3-1-14(10-23)18(22)9-15/h1-9,26H,11H2,(H2,24,27). The second kappa shape index (κ2) is 8.37. The van der Waals surface area contributed by atoms with Crippen molar-refractivity contribution in [3.05, 3.63) is 80.0 Å². The van der Waals surface area contributed by atoms with Gasteiger partial charge in [-0.15, -0.1) is 0 Å². The Hall–Kier alpha value is -2.63. The Morgan fingerprint density at radius 1 is 1.22 bits per heavy atom. The van der Waals surface area contributed by atoms with Gasteiger partial charge >= 0.3 is 0 Å². The van der Waals surface area contributed by atoms with Crippen LogP contribution in [0.3, 0.4) is 0 Å². The van der Waals surface area contributed by atoms with Crippen LogP contribution >= 0.6 is 34.2 Å². The van der Waals surface area contributed by atoms with E-state index in [1.165, 1.54) is 0 Å². The van der Waals surface area contributed by atoms with E-state index in [9.17, 15) is 4.79 Å². The first-order valence-electron chi connectivity index (χ1n) is 7.96. The number of aromatic nitrogens is 1. The molecule has 3 rings (SSSR count). The molecular weight excluding hydrogens is 475 g/mol. The third-order valence-electron chi connectivity index (χ3n) is 3.94. The molecule has 0 radical (unpaired) electrons. The molecular formula is C20H14ClIN4O. The number of benzene rings is 2. The van der Waals surface area contributed by atoms with Crippen LogP contribution in [-0.4, -0.2) is 10.9 Å². The lowest BCUT2D eigenvalue weighted by Gasteiger charge is -2.09. The lowest BCUT2D eigenvalue weighted by molar-refractivity contribution is 0.100. The van der Waals surface area contributed by atoms with Gasteiger partial charge in [0.05, 0.1) is 21.8 Å². The summed E-state index contributed by atoms with van der Waals surface area (Å²) in [6.07, 6.45) is 1.73. The number of primary amides is 1. The fourth-order valence-corrected chi connectivity index (χ4v) is 3.45. The van der Waals surface area contributed by atoms with Gasteiger partial charge in [0.15, 0.2) is 0 Å². The van der Waals surface area contributed by atoms with Gasteiger partial charge in [-0.25, -0.2) is 0 Å². The van der Waals surface area contributed by atoms with Gasteiger partial charge < -0.3 is 11.1 Å². The molecule has 1 amide bonds. The normalized spacial score (nSPS) is 10.3. The number of pyridine rings is 1. The Bertz CT molecular complexity index is 1060. The zero-order valence-electron chi connectivity index (χ0n) is 14.0. The molecule has 0 unspecified atom stereocenters. The minimum Gasteiger partial charge on any atom is -0.381 e. The average molecular weight is 489 g/mol. The van der Waals surface area contributed by atoms with E-state index in [4.69, 9.17) is 22.6 Å². The van der Waals surface area contributed by atoms with E-state index in [-0.39, 0.29) is 5.56 Å². The third kappa shape index (κ3) is 4.56. The molecule has 1 aromatic heterocycles. The van der Waals surface area contributed by atoms with Crippen molar-refractivity contribution in [2.24, 2.45) is 5.73 Å². The molecule has 7 heteroatoms. The highest BCUT2D eigenvalue weighted by atomic mass is 127. The van der Waals surface area contributed by atoms with Crippen LogP contribution < -0.4 is 11.1 Å². The molecule has 27 heavy (non-hydrogen) atoms. The molecule has 2 aromatic carbocycles. The number of anilines is 1. The predicted octanol–water partition coefficient (Wildman–Crippen LogP) is 4.59. The summed E-state index contributed by atoms with van der Waals surface area (Å²) in [4.78, 5) is 15.7. The number of halogens is 2. The van der Waals surface area contributed by atoms with Crippen LogP contribution in [0, 0.1) is 14.9 Å². The first-order chi connectivity index (χ1) is 13.0. The fourth-order valence-electron chi connectivity index (χ4n) is 2.54. The molecule has 0 aliphatic heterocycles. The van der Waals surface area contributed by atoms with Gasteiger partial charge in [0, 0.05) is 27.6 Å². The Balaban J connectivity index is 1.78. The van der Waals surface area contributed by atoms with Crippen molar-refractivity contribution >= 4 is 45.8 Å². The van der Waals surface area contributed by atoms with E-state index in [1.807, 2.05) is 24.3 Å².